The minimum atomic E-state index is -0.224. The molecule has 0 aromatic heterocycles. The smallest absolute Gasteiger partial charge is 0.262 e. The summed E-state index contributed by atoms with van der Waals surface area (Å²) in [4.78, 5) is 11.9. The lowest BCUT2D eigenvalue weighted by atomic mass is 10.2. The fourth-order valence-corrected chi connectivity index (χ4v) is 1.90. The zero-order chi connectivity index (χ0) is 16.7. The number of carbonyl (C=O) groups excluding carboxylic acids is 1. The van der Waals surface area contributed by atoms with Crippen LogP contribution in [0.1, 0.15) is 6.92 Å². The van der Waals surface area contributed by atoms with E-state index in [1.54, 1.807) is 24.3 Å². The lowest BCUT2D eigenvalue weighted by molar-refractivity contribution is -0.118. The van der Waals surface area contributed by atoms with Gasteiger partial charge in [-0.05, 0) is 55.5 Å². The Morgan fingerprint density at radius 1 is 1.09 bits per heavy atom. The Balaban J connectivity index is 1.81. The van der Waals surface area contributed by atoms with E-state index in [1.165, 1.54) is 0 Å². The molecule has 23 heavy (non-hydrogen) atoms. The Morgan fingerprint density at radius 3 is 2.30 bits per heavy atom. The van der Waals surface area contributed by atoms with Crippen LogP contribution in [0.2, 0.25) is 0 Å². The summed E-state index contributed by atoms with van der Waals surface area (Å²) in [6.07, 6.45) is 0. The third kappa shape index (κ3) is 5.52. The average Bonchev–Trinajstić information content (AvgIpc) is 2.56. The molecule has 0 aliphatic rings. The summed E-state index contributed by atoms with van der Waals surface area (Å²) in [5, 5.41) is 6.03. The lowest BCUT2D eigenvalue weighted by Gasteiger charge is -2.13. The molecule has 0 fully saturated rings. The van der Waals surface area contributed by atoms with Crippen molar-refractivity contribution in [2.24, 2.45) is 5.73 Å². The monoisotopic (exact) mass is 314 g/mol. The molecule has 0 heterocycles. The maximum Gasteiger partial charge on any atom is 0.262 e. The largest absolute Gasteiger partial charge is 0.484 e. The van der Waals surface area contributed by atoms with Gasteiger partial charge in [-0.25, -0.2) is 0 Å². The van der Waals surface area contributed by atoms with Gasteiger partial charge in [0.05, 0.1) is 0 Å². The Hall–Kier alpha value is -2.73. The number of hydrogen-bond acceptors (Lipinski definition) is 5. The number of hydrogen-bond donors (Lipinski definition) is 4. The van der Waals surface area contributed by atoms with Crippen LogP contribution in [-0.2, 0) is 4.79 Å². The van der Waals surface area contributed by atoms with Gasteiger partial charge in [0.15, 0.2) is 6.61 Å². The molecule has 0 radical (unpaired) electrons. The summed E-state index contributed by atoms with van der Waals surface area (Å²) in [7, 11) is 0. The molecule has 2 aromatic rings. The standard InChI is InChI=1S/C17H22N4O2/c1-12(10-18)20-14-4-6-15(7-5-14)21-17(22)11-23-16-8-2-13(19)3-9-16/h2-9,12,20H,10-11,18-19H2,1H3,(H,21,22). The molecular formula is C17H22N4O2. The Bertz CT molecular complexity index is 626. The first kappa shape index (κ1) is 16.6. The number of anilines is 3. The third-order valence-electron chi connectivity index (χ3n) is 3.19. The van der Waals surface area contributed by atoms with E-state index in [1.807, 2.05) is 31.2 Å². The molecule has 6 nitrogen and oxygen atoms in total. The van der Waals surface area contributed by atoms with Crippen molar-refractivity contribution in [1.82, 2.24) is 0 Å². The summed E-state index contributed by atoms with van der Waals surface area (Å²) >= 11 is 0. The summed E-state index contributed by atoms with van der Waals surface area (Å²) in [6, 6.07) is 14.5. The van der Waals surface area contributed by atoms with Crippen molar-refractivity contribution in [3.63, 3.8) is 0 Å². The maximum absolute atomic E-state index is 11.9. The van der Waals surface area contributed by atoms with Gasteiger partial charge in [0.25, 0.3) is 5.91 Å². The van der Waals surface area contributed by atoms with Crippen LogP contribution in [0.3, 0.4) is 0 Å². The van der Waals surface area contributed by atoms with E-state index in [0.717, 1.165) is 5.69 Å². The van der Waals surface area contributed by atoms with Crippen molar-refractivity contribution in [2.75, 3.05) is 29.5 Å². The van der Waals surface area contributed by atoms with Gasteiger partial charge < -0.3 is 26.8 Å². The number of amides is 1. The number of benzene rings is 2. The number of carbonyl (C=O) groups is 1. The molecule has 0 aliphatic heterocycles. The maximum atomic E-state index is 11.9. The highest BCUT2D eigenvalue weighted by Crippen LogP contribution is 2.15. The Labute approximate surface area is 135 Å². The number of nitrogens with two attached hydrogens (primary N) is 2. The molecular weight excluding hydrogens is 292 g/mol. The van der Waals surface area contributed by atoms with Gasteiger partial charge in [0.2, 0.25) is 0 Å². The average molecular weight is 314 g/mol. The molecule has 0 spiro atoms. The Morgan fingerprint density at radius 2 is 1.70 bits per heavy atom. The summed E-state index contributed by atoms with van der Waals surface area (Å²) < 4.78 is 5.39. The number of nitrogen functional groups attached to an aromatic ring is 1. The number of nitrogens with one attached hydrogen (secondary N) is 2. The van der Waals surface area contributed by atoms with Crippen molar-refractivity contribution in [3.8, 4) is 5.75 Å². The van der Waals surface area contributed by atoms with Crippen LogP contribution < -0.4 is 26.8 Å². The van der Waals surface area contributed by atoms with Crippen LogP contribution in [0.25, 0.3) is 0 Å². The fourth-order valence-electron chi connectivity index (χ4n) is 1.90. The predicted octanol–water partition coefficient (Wildman–Crippen LogP) is 2.05. The molecule has 6 N–H and O–H groups in total. The van der Waals surface area contributed by atoms with Gasteiger partial charge in [0.1, 0.15) is 5.75 Å². The highest BCUT2D eigenvalue weighted by Gasteiger charge is 2.04. The van der Waals surface area contributed by atoms with Gasteiger partial charge in [0, 0.05) is 29.6 Å². The predicted molar refractivity (Wildman–Crippen MR) is 93.6 cm³/mol. The van der Waals surface area contributed by atoms with Crippen LogP contribution in [-0.4, -0.2) is 25.1 Å². The van der Waals surface area contributed by atoms with Crippen molar-refractivity contribution in [1.29, 1.82) is 0 Å². The third-order valence-corrected chi connectivity index (χ3v) is 3.19. The van der Waals surface area contributed by atoms with Crippen LogP contribution in [0.15, 0.2) is 48.5 Å². The summed E-state index contributed by atoms with van der Waals surface area (Å²) in [5.74, 6) is 0.377. The summed E-state index contributed by atoms with van der Waals surface area (Å²) in [5.41, 5.74) is 13.5. The topological polar surface area (TPSA) is 102 Å². The van der Waals surface area contributed by atoms with E-state index in [9.17, 15) is 4.79 Å². The zero-order valence-electron chi connectivity index (χ0n) is 13.1. The van der Waals surface area contributed by atoms with E-state index >= 15 is 0 Å². The lowest BCUT2D eigenvalue weighted by Crippen LogP contribution is -2.25. The van der Waals surface area contributed by atoms with Gasteiger partial charge in [-0.15, -0.1) is 0 Å². The van der Waals surface area contributed by atoms with E-state index < -0.39 is 0 Å². The molecule has 0 aliphatic carbocycles. The van der Waals surface area contributed by atoms with Gasteiger partial charge in [-0.3, -0.25) is 4.79 Å². The number of rotatable bonds is 7. The highest BCUT2D eigenvalue weighted by atomic mass is 16.5. The molecule has 1 atom stereocenters. The van der Waals surface area contributed by atoms with Crippen molar-refractivity contribution in [2.45, 2.75) is 13.0 Å². The van der Waals surface area contributed by atoms with E-state index in [-0.39, 0.29) is 18.6 Å². The summed E-state index contributed by atoms with van der Waals surface area (Å²) in [6.45, 7) is 2.50. The van der Waals surface area contributed by atoms with Gasteiger partial charge >= 0.3 is 0 Å². The fraction of sp³-hybridized carbons (Fsp3) is 0.235. The second-order valence-electron chi connectivity index (χ2n) is 5.26. The number of ether oxygens (including phenoxy) is 1. The molecule has 1 unspecified atom stereocenters. The van der Waals surface area contributed by atoms with Crippen LogP contribution in [0, 0.1) is 0 Å². The quantitative estimate of drug-likeness (QED) is 0.586. The van der Waals surface area contributed by atoms with Crippen LogP contribution >= 0.6 is 0 Å². The van der Waals surface area contributed by atoms with Crippen molar-refractivity contribution >= 4 is 23.0 Å². The highest BCUT2D eigenvalue weighted by molar-refractivity contribution is 5.92. The van der Waals surface area contributed by atoms with Crippen LogP contribution in [0.4, 0.5) is 17.1 Å². The van der Waals surface area contributed by atoms with E-state index in [0.29, 0.717) is 23.7 Å². The molecule has 2 aromatic carbocycles. The zero-order valence-corrected chi connectivity index (χ0v) is 13.1. The second-order valence-corrected chi connectivity index (χ2v) is 5.26. The first-order chi connectivity index (χ1) is 11.1. The SMILES string of the molecule is CC(CN)Nc1ccc(NC(=O)COc2ccc(N)cc2)cc1. The molecule has 2 rings (SSSR count). The normalized spacial score (nSPS) is 11.6. The first-order valence-electron chi connectivity index (χ1n) is 7.41. The molecule has 0 saturated carbocycles. The van der Waals surface area contributed by atoms with Gasteiger partial charge in [-0.2, -0.15) is 0 Å². The van der Waals surface area contributed by atoms with Crippen LogP contribution in [0.5, 0.6) is 5.75 Å². The molecule has 6 heteroatoms. The molecule has 0 saturated heterocycles. The first-order valence-corrected chi connectivity index (χ1v) is 7.41. The molecule has 122 valence electrons. The van der Waals surface area contributed by atoms with E-state index in [4.69, 9.17) is 16.2 Å². The van der Waals surface area contributed by atoms with E-state index in [2.05, 4.69) is 10.6 Å². The van der Waals surface area contributed by atoms with Crippen molar-refractivity contribution in [3.05, 3.63) is 48.5 Å². The Kier molecular flexibility index (Phi) is 5.82. The minimum Gasteiger partial charge on any atom is -0.484 e. The molecule has 0 bridgehead atoms. The van der Waals surface area contributed by atoms with Crippen molar-refractivity contribution < 1.29 is 9.53 Å². The minimum absolute atomic E-state index is 0.0614. The molecule has 1 amide bonds. The second kappa shape index (κ2) is 8.05. The van der Waals surface area contributed by atoms with Gasteiger partial charge in [-0.1, -0.05) is 0 Å².